The summed E-state index contributed by atoms with van der Waals surface area (Å²) in [4.78, 5) is 31.5. The Morgan fingerprint density at radius 2 is 2.03 bits per heavy atom. The molecule has 1 atom stereocenters. The summed E-state index contributed by atoms with van der Waals surface area (Å²) in [6.07, 6.45) is 5.03. The fraction of sp³-hybridized carbons (Fsp3) is 0.250. The molecule has 1 saturated heterocycles. The first kappa shape index (κ1) is 20.0. The van der Waals surface area contributed by atoms with Crippen molar-refractivity contribution in [3.05, 3.63) is 77.0 Å². The van der Waals surface area contributed by atoms with Gasteiger partial charge in [-0.05, 0) is 43.2 Å². The molecule has 0 radical (unpaired) electrons. The fourth-order valence-electron chi connectivity index (χ4n) is 4.19. The van der Waals surface area contributed by atoms with E-state index >= 15 is 0 Å². The van der Waals surface area contributed by atoms with E-state index in [0.29, 0.717) is 30.1 Å². The van der Waals surface area contributed by atoms with Gasteiger partial charge in [0.25, 0.3) is 11.5 Å². The van der Waals surface area contributed by atoms with Crippen LogP contribution in [0.4, 0.5) is 0 Å². The number of fused-ring (bicyclic) bond motifs is 1. The minimum Gasteiger partial charge on any atom is -0.493 e. The molecule has 4 aromatic rings. The molecule has 32 heavy (non-hydrogen) atoms. The van der Waals surface area contributed by atoms with E-state index in [-0.39, 0.29) is 23.3 Å². The van der Waals surface area contributed by atoms with Crippen LogP contribution in [0.2, 0.25) is 0 Å². The summed E-state index contributed by atoms with van der Waals surface area (Å²) in [5.74, 6) is 0.662. The van der Waals surface area contributed by atoms with E-state index in [4.69, 9.17) is 9.15 Å². The van der Waals surface area contributed by atoms with Crippen LogP contribution in [0.5, 0.6) is 5.75 Å². The highest BCUT2D eigenvalue weighted by molar-refractivity contribution is 5.97. The Kier molecular flexibility index (Phi) is 5.18. The number of amides is 1. The van der Waals surface area contributed by atoms with Gasteiger partial charge in [0, 0.05) is 36.0 Å². The molecule has 1 amide bonds. The Morgan fingerprint density at radius 3 is 2.84 bits per heavy atom. The van der Waals surface area contributed by atoms with Crippen molar-refractivity contribution < 1.29 is 13.9 Å². The van der Waals surface area contributed by atoms with E-state index in [1.807, 2.05) is 24.3 Å². The van der Waals surface area contributed by atoms with Crippen molar-refractivity contribution >= 4 is 16.9 Å². The number of nitrogens with zero attached hydrogens (tertiary/aromatic N) is 4. The molecule has 0 aliphatic carbocycles. The molecule has 0 spiro atoms. The van der Waals surface area contributed by atoms with Crippen molar-refractivity contribution in [1.29, 1.82) is 0 Å². The van der Waals surface area contributed by atoms with Crippen molar-refractivity contribution in [1.82, 2.24) is 19.7 Å². The van der Waals surface area contributed by atoms with E-state index in [0.717, 1.165) is 23.8 Å². The molecule has 1 fully saturated rings. The quantitative estimate of drug-likeness (QED) is 0.482. The number of ether oxygens (including phenoxy) is 1. The van der Waals surface area contributed by atoms with Crippen LogP contribution in [-0.4, -0.2) is 45.3 Å². The number of methoxy groups -OCH3 is 1. The van der Waals surface area contributed by atoms with Gasteiger partial charge in [0.1, 0.15) is 0 Å². The van der Waals surface area contributed by atoms with Gasteiger partial charge in [-0.25, -0.2) is 4.68 Å². The van der Waals surface area contributed by atoms with Crippen molar-refractivity contribution in [2.24, 2.45) is 0 Å². The average molecular weight is 430 g/mol. The number of para-hydroxylation sites is 1. The minimum absolute atomic E-state index is 0.143. The van der Waals surface area contributed by atoms with Gasteiger partial charge < -0.3 is 14.1 Å². The molecule has 1 unspecified atom stereocenters. The molecule has 0 bridgehead atoms. The molecule has 1 aromatic carbocycles. The SMILES string of the molecule is COc1cccc2cc(C(=O)N3CCCC3Cn3nc(-c4ccncc4)ccc3=O)oc12. The predicted octanol–water partition coefficient (Wildman–Crippen LogP) is 3.36. The van der Waals surface area contributed by atoms with Crippen LogP contribution in [0.3, 0.4) is 0 Å². The molecule has 4 heterocycles. The normalized spacial score (nSPS) is 15.9. The zero-order valence-electron chi connectivity index (χ0n) is 17.6. The van der Waals surface area contributed by atoms with Gasteiger partial charge in [-0.3, -0.25) is 14.6 Å². The second-order valence-corrected chi connectivity index (χ2v) is 7.76. The summed E-state index contributed by atoms with van der Waals surface area (Å²) < 4.78 is 12.6. The van der Waals surface area contributed by atoms with E-state index in [9.17, 15) is 9.59 Å². The summed E-state index contributed by atoms with van der Waals surface area (Å²) in [6.45, 7) is 0.934. The number of furan rings is 1. The monoisotopic (exact) mass is 430 g/mol. The van der Waals surface area contributed by atoms with Gasteiger partial charge in [0.05, 0.1) is 25.4 Å². The van der Waals surface area contributed by atoms with Crippen LogP contribution in [0, 0.1) is 0 Å². The summed E-state index contributed by atoms with van der Waals surface area (Å²) in [5, 5.41) is 5.34. The fourth-order valence-corrected chi connectivity index (χ4v) is 4.19. The van der Waals surface area contributed by atoms with Crippen LogP contribution >= 0.6 is 0 Å². The Balaban J connectivity index is 1.41. The molecular weight excluding hydrogens is 408 g/mol. The number of likely N-dealkylation sites (tertiary alicyclic amines) is 1. The lowest BCUT2D eigenvalue weighted by Gasteiger charge is -2.24. The first-order chi connectivity index (χ1) is 15.6. The number of rotatable bonds is 5. The number of benzene rings is 1. The van der Waals surface area contributed by atoms with Crippen molar-refractivity contribution in [2.75, 3.05) is 13.7 Å². The minimum atomic E-state index is -0.199. The highest BCUT2D eigenvalue weighted by Crippen LogP contribution is 2.30. The molecule has 8 heteroatoms. The highest BCUT2D eigenvalue weighted by Gasteiger charge is 2.32. The zero-order chi connectivity index (χ0) is 22.1. The zero-order valence-corrected chi connectivity index (χ0v) is 17.6. The molecule has 1 aliphatic heterocycles. The van der Waals surface area contributed by atoms with Gasteiger partial charge >= 0.3 is 0 Å². The van der Waals surface area contributed by atoms with Crippen molar-refractivity contribution in [3.8, 4) is 17.0 Å². The summed E-state index contributed by atoms with van der Waals surface area (Å²) in [7, 11) is 1.57. The number of hydrogen-bond acceptors (Lipinski definition) is 6. The standard InChI is InChI=1S/C24H22N4O4/c1-31-20-6-2-4-17-14-21(32-23(17)20)24(30)27-13-3-5-18(27)15-28-22(29)8-7-19(26-28)16-9-11-25-12-10-16/h2,4,6-12,14,18H,3,5,13,15H2,1H3. The van der Waals surface area contributed by atoms with E-state index in [2.05, 4.69) is 10.1 Å². The van der Waals surface area contributed by atoms with Crippen LogP contribution in [0.25, 0.3) is 22.2 Å². The Hall–Kier alpha value is -3.94. The topological polar surface area (TPSA) is 90.5 Å². The van der Waals surface area contributed by atoms with Crippen molar-refractivity contribution in [2.45, 2.75) is 25.4 Å². The molecular formula is C24H22N4O4. The average Bonchev–Trinajstić information content (AvgIpc) is 3.47. The molecule has 0 saturated carbocycles. The largest absolute Gasteiger partial charge is 0.493 e. The molecule has 8 nitrogen and oxygen atoms in total. The maximum atomic E-state index is 13.3. The lowest BCUT2D eigenvalue weighted by atomic mass is 10.2. The molecule has 162 valence electrons. The van der Waals surface area contributed by atoms with Gasteiger partial charge in [0.15, 0.2) is 17.1 Å². The second-order valence-electron chi connectivity index (χ2n) is 7.76. The lowest BCUT2D eigenvalue weighted by molar-refractivity contribution is 0.0690. The molecule has 1 aliphatic rings. The first-order valence-corrected chi connectivity index (χ1v) is 10.5. The number of aromatic nitrogens is 3. The number of carbonyl (C=O) groups excluding carboxylic acids is 1. The first-order valence-electron chi connectivity index (χ1n) is 10.5. The van der Waals surface area contributed by atoms with Crippen LogP contribution in [0.1, 0.15) is 23.4 Å². The summed E-state index contributed by atoms with van der Waals surface area (Å²) >= 11 is 0. The van der Waals surface area contributed by atoms with Crippen molar-refractivity contribution in [3.63, 3.8) is 0 Å². The van der Waals surface area contributed by atoms with Gasteiger partial charge in [-0.15, -0.1) is 0 Å². The Bertz CT molecular complexity index is 1330. The smallest absolute Gasteiger partial charge is 0.289 e. The molecule has 3 aromatic heterocycles. The maximum Gasteiger partial charge on any atom is 0.289 e. The summed E-state index contributed by atoms with van der Waals surface area (Å²) in [6, 6.07) is 14.0. The van der Waals surface area contributed by atoms with E-state index in [1.165, 1.54) is 10.7 Å². The number of hydrogen-bond donors (Lipinski definition) is 0. The van der Waals surface area contributed by atoms with E-state index in [1.54, 1.807) is 42.6 Å². The predicted molar refractivity (Wildman–Crippen MR) is 119 cm³/mol. The number of pyridine rings is 1. The molecule has 0 N–H and O–H groups in total. The van der Waals surface area contributed by atoms with Crippen LogP contribution in [-0.2, 0) is 6.54 Å². The third-order valence-corrected chi connectivity index (χ3v) is 5.80. The lowest BCUT2D eigenvalue weighted by Crippen LogP contribution is -2.40. The Labute approximate surface area is 184 Å². The van der Waals surface area contributed by atoms with E-state index < -0.39 is 0 Å². The summed E-state index contributed by atoms with van der Waals surface area (Å²) in [5.41, 5.74) is 1.92. The van der Waals surface area contributed by atoms with Crippen LogP contribution < -0.4 is 10.3 Å². The van der Waals surface area contributed by atoms with Gasteiger partial charge in [-0.2, -0.15) is 5.10 Å². The third kappa shape index (κ3) is 3.64. The molecule has 5 rings (SSSR count). The Morgan fingerprint density at radius 1 is 1.19 bits per heavy atom. The number of carbonyl (C=O) groups is 1. The third-order valence-electron chi connectivity index (χ3n) is 5.80. The maximum absolute atomic E-state index is 13.3. The van der Waals surface area contributed by atoms with Gasteiger partial charge in [0.2, 0.25) is 0 Å². The second kappa shape index (κ2) is 8.30. The van der Waals surface area contributed by atoms with Crippen LogP contribution in [0.15, 0.2) is 70.1 Å². The highest BCUT2D eigenvalue weighted by atomic mass is 16.5. The van der Waals surface area contributed by atoms with Gasteiger partial charge in [-0.1, -0.05) is 12.1 Å².